The standard InChI is InChI=1S/C86H122F5N11O15/c1-18-54(6)60(76(108)96(14)55(7)75(107)102-43-39-65(102)80(112)100(19-2)68(47-56-35-33-53(5)34-36-56)79(111)95(13)50-71(105)117-84(8,9)10)48-69(103)66(44-52(3)4)97(15)70(104)49-67(78(110)94(11)12)98(16)81(113)73(59-30-23-24-31-59)99(17)82(114)85(40-25-26-41-85)93-74(106)64-32-27-42-101(64)77(109)63(92-83(115)116-51-57-28-21-20-22-29-57)38-37-58-45-61(87)72(62(88)46-58)86(89,90)91/h20-22,28-29,33-36,45-46,52,54-55,59-60,63-68,73H,18-19,23-27,30-32,37-44,47-51H2,1-17H3,(H,92,115)(H,93,106)/t54-,55-,60-,63-,64-,65-,66-,67-,68-,73-/m0/s1. The predicted octanol–water partition coefficient (Wildman–Crippen LogP) is 9.46. The molecule has 31 heteroatoms. The van der Waals surface area contributed by atoms with Crippen LogP contribution >= 0.6 is 0 Å². The number of alkyl carbamates (subject to hydrolysis) is 1. The van der Waals surface area contributed by atoms with Crippen molar-refractivity contribution in [2.75, 3.05) is 75.5 Å². The lowest BCUT2D eigenvalue weighted by Gasteiger charge is -2.45. The van der Waals surface area contributed by atoms with Crippen LogP contribution in [0.25, 0.3) is 0 Å². The van der Waals surface area contributed by atoms with Gasteiger partial charge in [0.15, 0.2) is 5.78 Å². The average Bonchev–Trinajstić information content (AvgIpc) is 1.75. The second-order valence-corrected chi connectivity index (χ2v) is 33.9. The number of likely N-dealkylation sites (tertiary alicyclic amines) is 2. The molecule has 2 saturated heterocycles. The van der Waals surface area contributed by atoms with Crippen molar-refractivity contribution in [3.8, 4) is 0 Å². The number of aryl methyl sites for hydroxylation is 2. The van der Waals surface area contributed by atoms with Crippen LogP contribution in [0.1, 0.15) is 193 Å². The molecule has 2 heterocycles. The summed E-state index contributed by atoms with van der Waals surface area (Å²) in [5.41, 5.74) is -2.47. The molecule has 11 amide bonds. The minimum absolute atomic E-state index is 0.0238. The third-order valence-electron chi connectivity index (χ3n) is 23.6. The number of benzene rings is 3. The van der Waals surface area contributed by atoms with Crippen LogP contribution in [0.2, 0.25) is 0 Å². The van der Waals surface area contributed by atoms with E-state index in [1.54, 1.807) is 58.0 Å². The molecule has 3 aromatic carbocycles. The number of ketones is 1. The molecule has 4 aliphatic rings. The molecule has 7 rings (SSSR count). The van der Waals surface area contributed by atoms with E-state index in [-0.39, 0.29) is 95.6 Å². The Hall–Kier alpha value is -9.58. The highest BCUT2D eigenvalue weighted by Crippen LogP contribution is 2.39. The van der Waals surface area contributed by atoms with Crippen molar-refractivity contribution in [1.29, 1.82) is 0 Å². The summed E-state index contributed by atoms with van der Waals surface area (Å²) in [4.78, 5) is 202. The van der Waals surface area contributed by atoms with Crippen molar-refractivity contribution >= 4 is 76.9 Å². The minimum atomic E-state index is -5.35. The number of alkyl halides is 3. The zero-order chi connectivity index (χ0) is 87.0. The molecule has 2 N–H and O–H groups in total. The maximum Gasteiger partial charge on any atom is 0.422 e. The van der Waals surface area contributed by atoms with E-state index in [0.717, 1.165) is 16.0 Å². The summed E-state index contributed by atoms with van der Waals surface area (Å²) in [6, 6.07) is 7.11. The molecule has 117 heavy (non-hydrogen) atoms. The van der Waals surface area contributed by atoms with E-state index < -0.39 is 197 Å². The molecule has 2 aliphatic carbocycles. The largest absolute Gasteiger partial charge is 0.459 e. The summed E-state index contributed by atoms with van der Waals surface area (Å²) in [6.45, 7) is 17.3. The van der Waals surface area contributed by atoms with Crippen LogP contribution in [-0.4, -0.2) is 256 Å². The molecule has 2 aliphatic heterocycles. The molecular formula is C86H122F5N11O15. The molecule has 4 fully saturated rings. The molecule has 0 aromatic heterocycles. The highest BCUT2D eigenvalue weighted by molar-refractivity contribution is 6.01. The summed E-state index contributed by atoms with van der Waals surface area (Å²) in [5, 5.41) is 5.47. The van der Waals surface area contributed by atoms with Gasteiger partial charge in [-0.15, -0.1) is 0 Å². The number of carbonyl (C=O) groups excluding carboxylic acids is 13. The van der Waals surface area contributed by atoms with E-state index in [9.17, 15) is 60.3 Å². The number of hydrogen-bond acceptors (Lipinski definition) is 15. The Balaban J connectivity index is 1.06. The third kappa shape index (κ3) is 24.1. The van der Waals surface area contributed by atoms with Gasteiger partial charge >= 0.3 is 18.2 Å². The van der Waals surface area contributed by atoms with Crippen molar-refractivity contribution in [2.24, 2.45) is 23.7 Å². The van der Waals surface area contributed by atoms with Gasteiger partial charge in [-0.1, -0.05) is 120 Å². The summed E-state index contributed by atoms with van der Waals surface area (Å²) in [6.07, 6.45) is -3.41. The predicted molar refractivity (Wildman–Crippen MR) is 426 cm³/mol. The number of Topliss-reactive ketones (excluding diaryl/α,β-unsaturated/α-hetero) is 1. The van der Waals surface area contributed by atoms with Crippen LogP contribution in [0, 0.1) is 42.2 Å². The lowest BCUT2D eigenvalue weighted by Crippen LogP contribution is -2.65. The number of halogens is 5. The van der Waals surface area contributed by atoms with Gasteiger partial charge in [0, 0.05) is 87.7 Å². The molecule has 26 nitrogen and oxygen atoms in total. The Morgan fingerprint density at radius 2 is 1.24 bits per heavy atom. The van der Waals surface area contributed by atoms with Gasteiger partial charge in [-0.05, 0) is 152 Å². The highest BCUT2D eigenvalue weighted by Gasteiger charge is 2.52. The fourth-order valence-corrected chi connectivity index (χ4v) is 16.4. The van der Waals surface area contributed by atoms with Crippen LogP contribution < -0.4 is 10.6 Å². The summed E-state index contributed by atoms with van der Waals surface area (Å²) in [7, 11) is 10.1. The molecule has 0 bridgehead atoms. The lowest BCUT2D eigenvalue weighted by atomic mass is 9.83. The number of amides is 11. The Morgan fingerprint density at radius 3 is 1.79 bits per heavy atom. The van der Waals surface area contributed by atoms with Crippen molar-refractivity contribution in [3.05, 3.63) is 106 Å². The van der Waals surface area contributed by atoms with Crippen LogP contribution in [0.5, 0.6) is 0 Å². The molecule has 0 spiro atoms. The van der Waals surface area contributed by atoms with Crippen LogP contribution in [0.15, 0.2) is 66.7 Å². The number of likely N-dealkylation sites (N-methyl/N-ethyl adjacent to an activating group) is 7. The van der Waals surface area contributed by atoms with E-state index in [0.29, 0.717) is 62.6 Å². The van der Waals surface area contributed by atoms with E-state index >= 15 is 24.0 Å². The second kappa shape index (κ2) is 41.2. The zero-order valence-electron chi connectivity index (χ0n) is 71.1. The van der Waals surface area contributed by atoms with E-state index in [1.807, 2.05) is 58.9 Å². The third-order valence-corrected chi connectivity index (χ3v) is 23.6. The maximum absolute atomic E-state index is 15.6. The molecule has 2 saturated carbocycles. The zero-order valence-corrected chi connectivity index (χ0v) is 71.1. The maximum atomic E-state index is 15.6. The van der Waals surface area contributed by atoms with Gasteiger partial charge in [0.2, 0.25) is 59.1 Å². The van der Waals surface area contributed by atoms with Crippen molar-refractivity contribution in [2.45, 2.75) is 257 Å². The first-order chi connectivity index (χ1) is 54.9. The van der Waals surface area contributed by atoms with Crippen molar-refractivity contribution in [3.63, 3.8) is 0 Å². The number of esters is 1. The van der Waals surface area contributed by atoms with Crippen molar-refractivity contribution in [1.82, 2.24) is 54.7 Å². The van der Waals surface area contributed by atoms with Crippen LogP contribution in [0.4, 0.5) is 26.7 Å². The summed E-state index contributed by atoms with van der Waals surface area (Å²) >= 11 is 0. The quantitative estimate of drug-likeness (QED) is 0.0405. The highest BCUT2D eigenvalue weighted by atomic mass is 19.4. The van der Waals surface area contributed by atoms with E-state index in [2.05, 4.69) is 10.6 Å². The van der Waals surface area contributed by atoms with Gasteiger partial charge < -0.3 is 64.2 Å². The van der Waals surface area contributed by atoms with Crippen LogP contribution in [-0.2, 0) is 92.6 Å². The molecule has 0 unspecified atom stereocenters. The molecule has 10 atom stereocenters. The first-order valence-corrected chi connectivity index (χ1v) is 40.9. The summed E-state index contributed by atoms with van der Waals surface area (Å²) < 4.78 is 81.3. The van der Waals surface area contributed by atoms with Gasteiger partial charge in [-0.3, -0.25) is 57.5 Å². The number of ether oxygens (including phenoxy) is 2. The van der Waals surface area contributed by atoms with Crippen LogP contribution in [0.3, 0.4) is 0 Å². The summed E-state index contributed by atoms with van der Waals surface area (Å²) in [5.74, 6) is -13.3. The van der Waals surface area contributed by atoms with Gasteiger partial charge in [0.05, 0.1) is 12.5 Å². The number of rotatable bonds is 36. The Morgan fingerprint density at radius 1 is 0.632 bits per heavy atom. The van der Waals surface area contributed by atoms with Gasteiger partial charge in [-0.25, -0.2) is 13.6 Å². The topological polar surface area (TPSA) is 294 Å². The normalized spacial score (nSPS) is 18.1. The molecular weight excluding hydrogens is 1520 g/mol. The Kier molecular flexibility index (Phi) is 33.3. The van der Waals surface area contributed by atoms with Gasteiger partial charge in [0.1, 0.15) is 83.8 Å². The van der Waals surface area contributed by atoms with E-state index in [4.69, 9.17) is 9.47 Å². The SMILES string of the molecule is CC[C@H](C)[C@H](CC(=O)[C@H](CC(C)C)N(C)C(=O)C[C@@H](C(=O)N(C)C)N(C)C(=O)[C@H](C1CCCC1)N(C)C(=O)C1(NC(=O)[C@@H]2CCCN2C(=O)[C@H](CCc2cc(F)c(C(F)(F)F)c(F)c2)NC(=O)OCc2ccccc2)CCCC1)C(=O)N(C)[C@@H](C)C(=O)N1CC[C@H]1C(=O)N(CC)[C@@H](Cc1ccc(C)cc1)C(=O)N(C)CC(=O)OC(C)(C)C. The first-order valence-electron chi connectivity index (χ1n) is 40.9. The van der Waals surface area contributed by atoms with Crippen molar-refractivity contribution < 1.29 is 93.8 Å². The fraction of sp³-hybridized carbons (Fsp3) is 0.640. The first kappa shape index (κ1) is 94.6. The number of nitrogens with one attached hydrogen (secondary N) is 2. The Labute approximate surface area is 684 Å². The molecule has 0 radical (unpaired) electrons. The minimum Gasteiger partial charge on any atom is -0.459 e. The second-order valence-electron chi connectivity index (χ2n) is 33.9. The van der Waals surface area contributed by atoms with Gasteiger partial charge in [-0.2, -0.15) is 13.2 Å². The number of hydrogen-bond donors (Lipinski definition) is 2. The fourth-order valence-electron chi connectivity index (χ4n) is 16.4. The molecule has 3 aromatic rings. The Bertz CT molecular complexity index is 4010. The lowest BCUT2D eigenvalue weighted by molar-refractivity contribution is -0.163. The van der Waals surface area contributed by atoms with E-state index in [1.165, 1.54) is 95.5 Å². The number of carbonyl (C=O) groups is 13. The molecule has 646 valence electrons. The smallest absolute Gasteiger partial charge is 0.422 e. The van der Waals surface area contributed by atoms with Gasteiger partial charge in [0.25, 0.3) is 0 Å². The number of nitrogens with zero attached hydrogens (tertiary/aromatic N) is 9. The average molecular weight is 1640 g/mol. The monoisotopic (exact) mass is 1640 g/mol.